The van der Waals surface area contributed by atoms with Crippen LogP contribution < -0.4 is 5.32 Å². The molecular formula is C14H17F3N2OS. The predicted octanol–water partition coefficient (Wildman–Crippen LogP) is 2.95. The van der Waals surface area contributed by atoms with Crippen LogP contribution in [0.3, 0.4) is 0 Å². The highest BCUT2D eigenvalue weighted by atomic mass is 32.1. The summed E-state index contributed by atoms with van der Waals surface area (Å²) in [5, 5.41) is 5.23. The van der Waals surface area contributed by atoms with Crippen molar-refractivity contribution in [3.63, 3.8) is 0 Å². The van der Waals surface area contributed by atoms with Crippen LogP contribution in [-0.2, 0) is 4.79 Å². The molecule has 3 rings (SSSR count). The quantitative estimate of drug-likeness (QED) is 0.909. The molecular weight excluding hydrogens is 301 g/mol. The van der Waals surface area contributed by atoms with E-state index >= 15 is 0 Å². The van der Waals surface area contributed by atoms with E-state index in [-0.39, 0.29) is 24.9 Å². The van der Waals surface area contributed by atoms with Gasteiger partial charge in [0.15, 0.2) is 0 Å². The molecule has 1 saturated carbocycles. The molecule has 1 aliphatic carbocycles. The summed E-state index contributed by atoms with van der Waals surface area (Å²) >= 11 is 1.55. The summed E-state index contributed by atoms with van der Waals surface area (Å²) < 4.78 is 39.4. The van der Waals surface area contributed by atoms with Crippen molar-refractivity contribution < 1.29 is 18.0 Å². The van der Waals surface area contributed by atoms with E-state index in [1.807, 2.05) is 17.5 Å². The van der Waals surface area contributed by atoms with Crippen molar-refractivity contribution in [1.29, 1.82) is 0 Å². The van der Waals surface area contributed by atoms with E-state index in [0.29, 0.717) is 13.1 Å². The number of halogens is 3. The SMILES string of the molecule is C[C@@H]1CNC(c2cccs2)CN1C(=O)C1(C(F)(F)F)CC1. The van der Waals surface area contributed by atoms with E-state index in [4.69, 9.17) is 0 Å². The molecule has 0 bridgehead atoms. The Bertz CT molecular complexity index is 525. The monoisotopic (exact) mass is 318 g/mol. The third-order valence-electron chi connectivity index (χ3n) is 4.42. The van der Waals surface area contributed by atoms with Crippen LogP contribution in [0.2, 0.25) is 0 Å². The zero-order valence-electron chi connectivity index (χ0n) is 11.6. The lowest BCUT2D eigenvalue weighted by Gasteiger charge is -2.40. The smallest absolute Gasteiger partial charge is 0.336 e. The molecule has 2 aliphatic rings. The highest BCUT2D eigenvalue weighted by Gasteiger charge is 2.69. The van der Waals surface area contributed by atoms with E-state index in [0.717, 1.165) is 4.88 Å². The molecule has 1 unspecified atom stereocenters. The number of nitrogens with zero attached hydrogens (tertiary/aromatic N) is 1. The molecule has 0 aromatic carbocycles. The van der Waals surface area contributed by atoms with Crippen molar-refractivity contribution >= 4 is 17.2 Å². The van der Waals surface area contributed by atoms with Crippen LogP contribution in [0, 0.1) is 5.41 Å². The second-order valence-corrected chi connectivity index (χ2v) is 6.84. The van der Waals surface area contributed by atoms with Crippen LogP contribution in [-0.4, -0.2) is 36.1 Å². The first-order valence-corrected chi connectivity index (χ1v) is 7.88. The largest absolute Gasteiger partial charge is 0.403 e. The van der Waals surface area contributed by atoms with Gasteiger partial charge in [0.2, 0.25) is 5.91 Å². The molecule has 1 amide bonds. The lowest BCUT2D eigenvalue weighted by atomic mass is 10.0. The number of thiophene rings is 1. The number of piperazine rings is 1. The summed E-state index contributed by atoms with van der Waals surface area (Å²) in [6, 6.07) is 3.56. The van der Waals surface area contributed by atoms with E-state index in [9.17, 15) is 18.0 Å². The summed E-state index contributed by atoms with van der Waals surface area (Å²) in [6.07, 6.45) is -4.58. The summed E-state index contributed by atoms with van der Waals surface area (Å²) in [7, 11) is 0. The summed E-state index contributed by atoms with van der Waals surface area (Å²) in [4.78, 5) is 14.9. The number of hydrogen-bond donors (Lipinski definition) is 1. The molecule has 3 nitrogen and oxygen atoms in total. The number of alkyl halides is 3. The molecule has 116 valence electrons. The van der Waals surface area contributed by atoms with Crippen LogP contribution >= 0.6 is 11.3 Å². The third kappa shape index (κ3) is 2.46. The summed E-state index contributed by atoms with van der Waals surface area (Å²) in [6.45, 7) is 2.61. The Morgan fingerprint density at radius 2 is 2.19 bits per heavy atom. The highest BCUT2D eigenvalue weighted by molar-refractivity contribution is 7.10. The second-order valence-electron chi connectivity index (χ2n) is 5.86. The number of amides is 1. The van der Waals surface area contributed by atoms with E-state index in [2.05, 4.69) is 5.32 Å². The predicted molar refractivity (Wildman–Crippen MR) is 74.0 cm³/mol. The minimum Gasteiger partial charge on any atom is -0.336 e. The number of rotatable bonds is 2. The molecule has 1 saturated heterocycles. The molecule has 21 heavy (non-hydrogen) atoms. The minimum absolute atomic E-state index is 0.0738. The van der Waals surface area contributed by atoms with Crippen LogP contribution in [0.25, 0.3) is 0 Å². The van der Waals surface area contributed by atoms with Crippen molar-refractivity contribution in [2.24, 2.45) is 5.41 Å². The summed E-state index contributed by atoms with van der Waals surface area (Å²) in [5.41, 5.74) is -2.11. The third-order valence-corrected chi connectivity index (χ3v) is 5.41. The van der Waals surface area contributed by atoms with Gasteiger partial charge >= 0.3 is 6.18 Å². The topological polar surface area (TPSA) is 32.3 Å². The van der Waals surface area contributed by atoms with Gasteiger partial charge in [-0.05, 0) is 31.2 Å². The van der Waals surface area contributed by atoms with E-state index < -0.39 is 17.5 Å². The number of nitrogens with one attached hydrogen (secondary N) is 1. The molecule has 2 atom stereocenters. The molecule has 1 aliphatic heterocycles. The van der Waals surface area contributed by atoms with Gasteiger partial charge in [0.1, 0.15) is 5.41 Å². The lowest BCUT2D eigenvalue weighted by molar-refractivity contribution is -0.200. The molecule has 0 spiro atoms. The van der Waals surface area contributed by atoms with Gasteiger partial charge in [-0.3, -0.25) is 4.79 Å². The van der Waals surface area contributed by atoms with Crippen molar-refractivity contribution in [2.45, 2.75) is 38.0 Å². The normalized spacial score (nSPS) is 28.5. The molecule has 0 radical (unpaired) electrons. The van der Waals surface area contributed by atoms with Crippen LogP contribution in [0.15, 0.2) is 17.5 Å². The maximum atomic E-state index is 13.1. The first kappa shape index (κ1) is 14.8. The van der Waals surface area contributed by atoms with Gasteiger partial charge in [-0.25, -0.2) is 0 Å². The Hall–Kier alpha value is -1.08. The Labute approximate surface area is 125 Å². The van der Waals surface area contributed by atoms with Crippen molar-refractivity contribution in [3.05, 3.63) is 22.4 Å². The molecule has 1 aromatic heterocycles. The van der Waals surface area contributed by atoms with Crippen molar-refractivity contribution in [2.75, 3.05) is 13.1 Å². The first-order chi connectivity index (χ1) is 9.85. The first-order valence-electron chi connectivity index (χ1n) is 7.00. The number of carbonyl (C=O) groups is 1. The Morgan fingerprint density at radius 3 is 2.71 bits per heavy atom. The highest BCUT2D eigenvalue weighted by Crippen LogP contribution is 2.59. The fourth-order valence-electron chi connectivity index (χ4n) is 2.85. The van der Waals surface area contributed by atoms with Crippen LogP contribution in [0.4, 0.5) is 13.2 Å². The Balaban J connectivity index is 1.79. The number of hydrogen-bond acceptors (Lipinski definition) is 3. The fraction of sp³-hybridized carbons (Fsp3) is 0.643. The maximum absolute atomic E-state index is 13.1. The van der Waals surface area contributed by atoms with Gasteiger partial charge in [-0.15, -0.1) is 11.3 Å². The van der Waals surface area contributed by atoms with Crippen molar-refractivity contribution in [3.8, 4) is 0 Å². The van der Waals surface area contributed by atoms with Crippen molar-refractivity contribution in [1.82, 2.24) is 10.2 Å². The Kier molecular flexibility index (Phi) is 3.52. The maximum Gasteiger partial charge on any atom is 0.403 e. The number of carbonyl (C=O) groups excluding carboxylic acids is 1. The molecule has 2 heterocycles. The van der Waals surface area contributed by atoms with Crippen LogP contribution in [0.5, 0.6) is 0 Å². The minimum atomic E-state index is -4.44. The lowest BCUT2D eigenvalue weighted by Crippen LogP contribution is -2.57. The second kappa shape index (κ2) is 4.98. The molecule has 1 N–H and O–H groups in total. The van der Waals surface area contributed by atoms with Gasteiger partial charge < -0.3 is 10.2 Å². The standard InChI is InChI=1S/C14H17F3N2OS/c1-9-7-18-10(11-3-2-6-21-11)8-19(9)12(20)13(4-5-13)14(15,16)17/h2-3,6,9-10,18H,4-5,7-8H2,1H3/t9-,10?/m1/s1. The van der Waals surface area contributed by atoms with E-state index in [1.54, 1.807) is 18.3 Å². The van der Waals surface area contributed by atoms with Gasteiger partial charge in [0, 0.05) is 24.0 Å². The van der Waals surface area contributed by atoms with Gasteiger partial charge in [-0.1, -0.05) is 6.07 Å². The van der Waals surface area contributed by atoms with Crippen LogP contribution in [0.1, 0.15) is 30.7 Å². The van der Waals surface area contributed by atoms with Gasteiger partial charge in [0.05, 0.1) is 6.04 Å². The van der Waals surface area contributed by atoms with Gasteiger partial charge in [-0.2, -0.15) is 13.2 Å². The molecule has 1 aromatic rings. The fourth-order valence-corrected chi connectivity index (χ4v) is 3.64. The average molecular weight is 318 g/mol. The zero-order chi connectivity index (χ0) is 15.3. The molecule has 7 heteroatoms. The average Bonchev–Trinajstić information content (AvgIpc) is 3.08. The summed E-state index contributed by atoms with van der Waals surface area (Å²) in [5.74, 6) is -0.745. The zero-order valence-corrected chi connectivity index (χ0v) is 12.4. The Morgan fingerprint density at radius 1 is 1.48 bits per heavy atom. The van der Waals surface area contributed by atoms with Gasteiger partial charge in [0.25, 0.3) is 0 Å². The molecule has 2 fully saturated rings. The van der Waals surface area contributed by atoms with E-state index in [1.165, 1.54) is 4.90 Å².